The Hall–Kier alpha value is -1.12. The van der Waals surface area contributed by atoms with Crippen LogP contribution in [0, 0.1) is 0 Å². The van der Waals surface area contributed by atoms with Crippen LogP contribution in [0.25, 0.3) is 0 Å². The molecule has 0 aliphatic heterocycles. The van der Waals surface area contributed by atoms with Gasteiger partial charge in [-0.05, 0) is 110 Å². The molecule has 41 heavy (non-hydrogen) atoms. The Kier molecular flexibility index (Phi) is 35.9. The van der Waals surface area contributed by atoms with Crippen LogP contribution in [0.3, 0.4) is 0 Å². The van der Waals surface area contributed by atoms with Crippen molar-refractivity contribution in [2.45, 2.75) is 174 Å². The molecule has 0 fully saturated rings. The van der Waals surface area contributed by atoms with Crippen LogP contribution in [0.2, 0.25) is 0 Å². The van der Waals surface area contributed by atoms with Gasteiger partial charge in [0.2, 0.25) is 0 Å². The maximum Gasteiger partial charge on any atom is -0.000672 e. The second kappa shape index (κ2) is 36.9. The van der Waals surface area contributed by atoms with Crippen LogP contribution in [-0.2, 0) is 0 Å². The van der Waals surface area contributed by atoms with E-state index in [4.69, 9.17) is 5.73 Å². The van der Waals surface area contributed by atoms with E-state index in [-0.39, 0.29) is 0 Å². The zero-order valence-electron chi connectivity index (χ0n) is 28.1. The molecule has 0 heterocycles. The van der Waals surface area contributed by atoms with Crippen molar-refractivity contribution >= 4 is 0 Å². The molecule has 0 unspecified atom stereocenters. The van der Waals surface area contributed by atoms with E-state index in [1.165, 1.54) is 161 Å². The third-order valence-corrected chi connectivity index (χ3v) is 8.03. The van der Waals surface area contributed by atoms with Gasteiger partial charge in [-0.25, -0.2) is 0 Å². The normalized spacial score (nSPS) is 12.5. The predicted molar refractivity (Wildman–Crippen MR) is 189 cm³/mol. The van der Waals surface area contributed by atoms with Crippen LogP contribution in [0.1, 0.15) is 174 Å². The molecular formula is C39H74N2. The molecule has 0 aromatic heterocycles. The Balaban J connectivity index is 3.60. The molecule has 2 nitrogen and oxygen atoms in total. The van der Waals surface area contributed by atoms with E-state index in [0.29, 0.717) is 0 Å². The third kappa shape index (κ3) is 35.0. The number of hydrogen-bond acceptors (Lipinski definition) is 2. The van der Waals surface area contributed by atoms with Gasteiger partial charge in [0.25, 0.3) is 0 Å². The summed E-state index contributed by atoms with van der Waals surface area (Å²) in [6.07, 6.45) is 51.9. The maximum atomic E-state index is 5.81. The second-order valence-electron chi connectivity index (χ2n) is 12.2. The quantitative estimate of drug-likeness (QED) is 0.0628. The molecule has 0 saturated heterocycles. The van der Waals surface area contributed by atoms with Crippen molar-refractivity contribution in [1.29, 1.82) is 0 Å². The molecule has 0 aliphatic carbocycles. The van der Waals surface area contributed by atoms with Crippen molar-refractivity contribution in [2.75, 3.05) is 26.2 Å². The topological polar surface area (TPSA) is 29.3 Å². The van der Waals surface area contributed by atoms with Crippen molar-refractivity contribution in [2.24, 2.45) is 5.73 Å². The summed E-state index contributed by atoms with van der Waals surface area (Å²) in [5, 5.41) is 0. The van der Waals surface area contributed by atoms with Crippen molar-refractivity contribution in [1.82, 2.24) is 4.90 Å². The van der Waals surface area contributed by atoms with E-state index in [2.05, 4.69) is 67.4 Å². The van der Waals surface area contributed by atoms with Gasteiger partial charge in [-0.2, -0.15) is 0 Å². The highest BCUT2D eigenvalue weighted by Crippen LogP contribution is 2.11. The summed E-state index contributed by atoms with van der Waals surface area (Å²) in [7, 11) is 0. The highest BCUT2D eigenvalue weighted by Gasteiger charge is 2.04. The van der Waals surface area contributed by atoms with Crippen LogP contribution in [0.4, 0.5) is 0 Å². The van der Waals surface area contributed by atoms with Gasteiger partial charge in [0.1, 0.15) is 0 Å². The summed E-state index contributed by atoms with van der Waals surface area (Å²) >= 11 is 0. The van der Waals surface area contributed by atoms with Crippen LogP contribution in [0.15, 0.2) is 48.6 Å². The molecule has 0 spiro atoms. The molecule has 0 bridgehead atoms. The van der Waals surface area contributed by atoms with E-state index in [9.17, 15) is 0 Å². The lowest BCUT2D eigenvalue weighted by molar-refractivity contribution is 0.258. The minimum absolute atomic E-state index is 0.823. The average molecular weight is 571 g/mol. The van der Waals surface area contributed by atoms with Gasteiger partial charge in [0.05, 0.1) is 0 Å². The molecule has 0 aromatic carbocycles. The molecule has 0 rings (SSSR count). The Bertz CT molecular complexity index is 540. The summed E-state index contributed by atoms with van der Waals surface area (Å²) in [5.74, 6) is 0. The van der Waals surface area contributed by atoms with Gasteiger partial charge >= 0.3 is 0 Å². The van der Waals surface area contributed by atoms with Gasteiger partial charge in [0.15, 0.2) is 0 Å². The van der Waals surface area contributed by atoms with Crippen LogP contribution in [0.5, 0.6) is 0 Å². The molecule has 0 amide bonds. The number of nitrogens with two attached hydrogens (primary N) is 1. The minimum Gasteiger partial charge on any atom is -0.330 e. The Morgan fingerprint density at radius 3 is 1.05 bits per heavy atom. The summed E-state index contributed by atoms with van der Waals surface area (Å²) in [4.78, 5) is 2.69. The second-order valence-corrected chi connectivity index (χ2v) is 12.2. The molecule has 0 atom stereocenters. The first kappa shape index (κ1) is 39.9. The first-order valence-corrected chi connectivity index (χ1v) is 18.4. The monoisotopic (exact) mass is 571 g/mol. The fourth-order valence-corrected chi connectivity index (χ4v) is 5.30. The fourth-order valence-electron chi connectivity index (χ4n) is 5.30. The van der Waals surface area contributed by atoms with Crippen LogP contribution in [-0.4, -0.2) is 31.1 Å². The van der Waals surface area contributed by atoms with Crippen molar-refractivity contribution in [3.8, 4) is 0 Å². The van der Waals surface area contributed by atoms with Gasteiger partial charge in [-0.3, -0.25) is 0 Å². The highest BCUT2D eigenvalue weighted by molar-refractivity contribution is 4.93. The van der Waals surface area contributed by atoms with E-state index < -0.39 is 0 Å². The molecule has 0 aliphatic rings. The van der Waals surface area contributed by atoms with E-state index in [1.807, 2.05) is 0 Å². The van der Waals surface area contributed by atoms with E-state index in [1.54, 1.807) is 0 Å². The molecular weight excluding hydrogens is 496 g/mol. The summed E-state index contributed by atoms with van der Waals surface area (Å²) < 4.78 is 0. The minimum atomic E-state index is 0.823. The lowest BCUT2D eigenvalue weighted by Crippen LogP contribution is -2.28. The van der Waals surface area contributed by atoms with Gasteiger partial charge in [-0.15, -0.1) is 0 Å². The van der Waals surface area contributed by atoms with Crippen LogP contribution >= 0.6 is 0 Å². The first-order chi connectivity index (χ1) is 20.3. The van der Waals surface area contributed by atoms with Gasteiger partial charge in [-0.1, -0.05) is 140 Å². The Morgan fingerprint density at radius 1 is 0.366 bits per heavy atom. The SMILES string of the molecule is CCCCC/C=C/C/C=C/CCCCCCCCN(CCCN)CCCCCCCC/C=C/C/C=C/CCCCC. The van der Waals surface area contributed by atoms with Crippen molar-refractivity contribution in [3.05, 3.63) is 48.6 Å². The van der Waals surface area contributed by atoms with Crippen molar-refractivity contribution < 1.29 is 0 Å². The molecule has 0 saturated carbocycles. The van der Waals surface area contributed by atoms with E-state index >= 15 is 0 Å². The fraction of sp³-hybridized carbons (Fsp3) is 0.795. The Morgan fingerprint density at radius 2 is 0.683 bits per heavy atom. The molecule has 0 aromatic rings. The molecule has 0 radical (unpaired) electrons. The number of allylic oxidation sites excluding steroid dienone is 8. The Labute approximate surface area is 259 Å². The average Bonchev–Trinajstić information content (AvgIpc) is 2.98. The number of rotatable bonds is 33. The summed E-state index contributed by atoms with van der Waals surface area (Å²) in [6, 6.07) is 0. The lowest BCUT2D eigenvalue weighted by Gasteiger charge is -2.22. The number of unbranched alkanes of at least 4 members (excludes halogenated alkanes) is 18. The maximum absolute atomic E-state index is 5.81. The zero-order chi connectivity index (χ0) is 29.7. The standard InChI is InChI=1S/C39H74N2/c1-3-5-7-9-11-13-15-17-19-21-23-25-27-29-31-33-37-41(39-35-36-40)38-34-32-30-28-26-24-22-20-18-16-14-12-10-8-6-4-2/h11-14,17-20H,3-10,15-16,21-40H2,1-2H3/b13-11+,14-12+,19-17+,20-18+. The molecule has 240 valence electrons. The first-order valence-electron chi connectivity index (χ1n) is 18.4. The zero-order valence-corrected chi connectivity index (χ0v) is 28.1. The smallest absolute Gasteiger partial charge is 0.000672 e. The van der Waals surface area contributed by atoms with Crippen LogP contribution < -0.4 is 5.73 Å². The lowest BCUT2D eigenvalue weighted by atomic mass is 10.1. The molecule has 2 N–H and O–H groups in total. The third-order valence-electron chi connectivity index (χ3n) is 8.03. The largest absolute Gasteiger partial charge is 0.330 e. The number of hydrogen-bond donors (Lipinski definition) is 1. The summed E-state index contributed by atoms with van der Waals surface area (Å²) in [6.45, 7) is 9.10. The van der Waals surface area contributed by atoms with Gasteiger partial charge < -0.3 is 10.6 Å². The highest BCUT2D eigenvalue weighted by atomic mass is 15.1. The van der Waals surface area contributed by atoms with Crippen molar-refractivity contribution in [3.63, 3.8) is 0 Å². The number of nitrogens with zero attached hydrogens (tertiary/aromatic N) is 1. The van der Waals surface area contributed by atoms with E-state index in [0.717, 1.165) is 25.8 Å². The van der Waals surface area contributed by atoms with Gasteiger partial charge in [0, 0.05) is 0 Å². The predicted octanol–water partition coefficient (Wildman–Crippen LogP) is 12.3. The molecule has 2 heteroatoms. The summed E-state index contributed by atoms with van der Waals surface area (Å²) in [5.41, 5.74) is 5.81.